The molecule has 0 amide bonds. The number of halogens is 1. The Balaban J connectivity index is 1.75. The minimum absolute atomic E-state index is 0.679. The summed E-state index contributed by atoms with van der Waals surface area (Å²) in [7, 11) is 0. The molecule has 3 rings (SSSR count). The molecule has 22 heavy (non-hydrogen) atoms. The number of thioether (sulfide) groups is 1. The first-order valence-electron chi connectivity index (χ1n) is 6.78. The van der Waals surface area contributed by atoms with Gasteiger partial charge in [0.25, 0.3) is 0 Å². The summed E-state index contributed by atoms with van der Waals surface area (Å²) in [5, 5.41) is 9.10. The molecule has 0 unspecified atom stereocenters. The van der Waals surface area contributed by atoms with Gasteiger partial charge in [-0.25, -0.2) is 4.68 Å². The van der Waals surface area contributed by atoms with Crippen LogP contribution in [-0.4, -0.2) is 14.9 Å². The van der Waals surface area contributed by atoms with Gasteiger partial charge in [0.05, 0.1) is 0 Å². The fourth-order valence-electron chi connectivity index (χ4n) is 2.00. The van der Waals surface area contributed by atoms with Crippen LogP contribution in [0.4, 0.5) is 0 Å². The van der Waals surface area contributed by atoms with Crippen LogP contribution in [0, 0.1) is 6.92 Å². The van der Waals surface area contributed by atoms with E-state index in [9.17, 15) is 0 Å². The van der Waals surface area contributed by atoms with Crippen molar-refractivity contribution in [3.05, 3.63) is 64.1 Å². The highest BCUT2D eigenvalue weighted by molar-refractivity contribution is 9.10. The highest BCUT2D eigenvalue weighted by Gasteiger charge is 2.12. The molecule has 0 saturated carbocycles. The summed E-state index contributed by atoms with van der Waals surface area (Å²) in [5.74, 6) is 7.61. The highest BCUT2D eigenvalue weighted by atomic mass is 79.9. The maximum atomic E-state index is 6.13. The zero-order valence-electron chi connectivity index (χ0n) is 12.0. The Morgan fingerprint density at radius 2 is 1.73 bits per heavy atom. The van der Waals surface area contributed by atoms with Gasteiger partial charge in [-0.1, -0.05) is 69.7 Å². The van der Waals surface area contributed by atoms with Crippen LogP contribution in [0.15, 0.2) is 58.2 Å². The molecule has 0 spiro atoms. The van der Waals surface area contributed by atoms with Gasteiger partial charge in [-0.2, -0.15) is 0 Å². The third-order valence-electron chi connectivity index (χ3n) is 3.26. The lowest BCUT2D eigenvalue weighted by Gasteiger charge is -2.04. The summed E-state index contributed by atoms with van der Waals surface area (Å²) >= 11 is 5.01. The van der Waals surface area contributed by atoms with Gasteiger partial charge < -0.3 is 5.84 Å². The number of nitrogen functional groups attached to an aromatic ring is 1. The summed E-state index contributed by atoms with van der Waals surface area (Å²) in [4.78, 5) is 0. The van der Waals surface area contributed by atoms with Crippen molar-refractivity contribution in [2.75, 3.05) is 5.84 Å². The van der Waals surface area contributed by atoms with Crippen LogP contribution < -0.4 is 5.84 Å². The van der Waals surface area contributed by atoms with Crippen LogP contribution in [-0.2, 0) is 5.75 Å². The van der Waals surface area contributed by atoms with Crippen LogP contribution in [0.3, 0.4) is 0 Å². The minimum atomic E-state index is 0.679. The SMILES string of the molecule is Cc1ccc(-c2nnc(SCc3ccc(Br)cc3)n2N)cc1. The molecule has 0 fully saturated rings. The number of nitrogens with zero attached hydrogens (tertiary/aromatic N) is 3. The predicted octanol–water partition coefficient (Wildman–Crippen LogP) is 4.02. The first kappa shape index (κ1) is 15.1. The number of benzene rings is 2. The Labute approximate surface area is 141 Å². The third-order valence-corrected chi connectivity index (χ3v) is 4.80. The zero-order chi connectivity index (χ0) is 15.5. The molecule has 112 valence electrons. The molecule has 2 aromatic carbocycles. The molecule has 0 aliphatic rings. The molecule has 6 heteroatoms. The topological polar surface area (TPSA) is 56.7 Å². The van der Waals surface area contributed by atoms with Crippen molar-refractivity contribution >= 4 is 27.7 Å². The summed E-state index contributed by atoms with van der Waals surface area (Å²) in [6.45, 7) is 2.05. The van der Waals surface area contributed by atoms with Crippen molar-refractivity contribution < 1.29 is 0 Å². The van der Waals surface area contributed by atoms with Gasteiger partial charge in [0.15, 0.2) is 5.82 Å². The third kappa shape index (κ3) is 3.34. The molecule has 2 N–H and O–H groups in total. The van der Waals surface area contributed by atoms with Crippen molar-refractivity contribution in [2.45, 2.75) is 17.8 Å². The zero-order valence-corrected chi connectivity index (χ0v) is 14.4. The van der Waals surface area contributed by atoms with Gasteiger partial charge in [-0.3, -0.25) is 0 Å². The normalized spacial score (nSPS) is 10.8. The van der Waals surface area contributed by atoms with Crippen LogP contribution in [0.5, 0.6) is 0 Å². The van der Waals surface area contributed by atoms with E-state index in [0.29, 0.717) is 11.0 Å². The largest absolute Gasteiger partial charge is 0.335 e. The average molecular weight is 375 g/mol. The fraction of sp³-hybridized carbons (Fsp3) is 0.125. The molecular formula is C16H15BrN4S. The van der Waals surface area contributed by atoms with E-state index in [0.717, 1.165) is 15.8 Å². The van der Waals surface area contributed by atoms with Gasteiger partial charge in [-0.05, 0) is 24.6 Å². The Hall–Kier alpha value is -1.79. The van der Waals surface area contributed by atoms with E-state index in [4.69, 9.17) is 5.84 Å². The summed E-state index contributed by atoms with van der Waals surface area (Å²) in [6.07, 6.45) is 0. The van der Waals surface area contributed by atoms with Gasteiger partial charge in [0.1, 0.15) is 0 Å². The lowest BCUT2D eigenvalue weighted by atomic mass is 10.1. The Bertz CT molecular complexity index is 766. The second-order valence-corrected chi connectivity index (χ2v) is 6.82. The molecular weight excluding hydrogens is 360 g/mol. The van der Waals surface area contributed by atoms with Crippen molar-refractivity contribution in [3.8, 4) is 11.4 Å². The summed E-state index contributed by atoms with van der Waals surface area (Å²) in [5.41, 5.74) is 3.39. The molecule has 0 saturated heterocycles. The quantitative estimate of drug-likeness (QED) is 0.553. The van der Waals surface area contributed by atoms with E-state index in [1.807, 2.05) is 36.4 Å². The number of aromatic nitrogens is 3. The number of rotatable bonds is 4. The standard InChI is InChI=1S/C16H15BrN4S/c1-11-2-6-13(7-3-11)15-19-20-16(21(15)18)22-10-12-4-8-14(17)9-5-12/h2-9H,10,18H2,1H3. The summed E-state index contributed by atoms with van der Waals surface area (Å²) < 4.78 is 2.62. The molecule has 0 radical (unpaired) electrons. The van der Waals surface area contributed by atoms with Crippen LogP contribution in [0.1, 0.15) is 11.1 Å². The lowest BCUT2D eigenvalue weighted by molar-refractivity contribution is 0.849. The Morgan fingerprint density at radius 3 is 2.41 bits per heavy atom. The number of hydrogen-bond donors (Lipinski definition) is 1. The first-order chi connectivity index (χ1) is 10.6. The van der Waals surface area contributed by atoms with Gasteiger partial charge in [-0.15, -0.1) is 10.2 Å². The fourth-order valence-corrected chi connectivity index (χ4v) is 3.08. The van der Waals surface area contributed by atoms with E-state index < -0.39 is 0 Å². The van der Waals surface area contributed by atoms with Crippen molar-refractivity contribution in [3.63, 3.8) is 0 Å². The number of nitrogens with two attached hydrogens (primary N) is 1. The molecule has 0 bridgehead atoms. The van der Waals surface area contributed by atoms with E-state index in [1.54, 1.807) is 16.4 Å². The Kier molecular flexibility index (Phi) is 4.49. The monoisotopic (exact) mass is 374 g/mol. The van der Waals surface area contributed by atoms with E-state index in [2.05, 4.69) is 45.2 Å². The molecule has 1 heterocycles. The van der Waals surface area contributed by atoms with Crippen LogP contribution >= 0.6 is 27.7 Å². The second-order valence-electron chi connectivity index (χ2n) is 4.96. The summed E-state index contributed by atoms with van der Waals surface area (Å²) in [6, 6.07) is 16.3. The molecule has 1 aromatic heterocycles. The number of aryl methyl sites for hydroxylation is 1. The maximum absolute atomic E-state index is 6.13. The van der Waals surface area contributed by atoms with Crippen molar-refractivity contribution in [1.82, 2.24) is 14.9 Å². The smallest absolute Gasteiger partial charge is 0.210 e. The highest BCUT2D eigenvalue weighted by Crippen LogP contribution is 2.25. The minimum Gasteiger partial charge on any atom is -0.335 e. The predicted molar refractivity (Wildman–Crippen MR) is 94.0 cm³/mol. The second kappa shape index (κ2) is 6.54. The lowest BCUT2D eigenvalue weighted by Crippen LogP contribution is -2.11. The van der Waals surface area contributed by atoms with Crippen molar-refractivity contribution in [2.24, 2.45) is 0 Å². The first-order valence-corrected chi connectivity index (χ1v) is 8.56. The van der Waals surface area contributed by atoms with Crippen LogP contribution in [0.25, 0.3) is 11.4 Å². The van der Waals surface area contributed by atoms with E-state index in [1.165, 1.54) is 11.1 Å². The van der Waals surface area contributed by atoms with Crippen LogP contribution in [0.2, 0.25) is 0 Å². The molecule has 0 aliphatic heterocycles. The van der Waals surface area contributed by atoms with Gasteiger partial charge >= 0.3 is 0 Å². The maximum Gasteiger partial charge on any atom is 0.210 e. The Morgan fingerprint density at radius 1 is 1.05 bits per heavy atom. The van der Waals surface area contributed by atoms with Gasteiger partial charge in [0, 0.05) is 15.8 Å². The van der Waals surface area contributed by atoms with E-state index in [-0.39, 0.29) is 0 Å². The molecule has 4 nitrogen and oxygen atoms in total. The molecule has 0 atom stereocenters. The van der Waals surface area contributed by atoms with E-state index >= 15 is 0 Å². The molecule has 3 aromatic rings. The average Bonchev–Trinajstić information content (AvgIpc) is 2.89. The van der Waals surface area contributed by atoms with Gasteiger partial charge in [0.2, 0.25) is 5.16 Å². The van der Waals surface area contributed by atoms with Crippen molar-refractivity contribution in [1.29, 1.82) is 0 Å². The number of hydrogen-bond acceptors (Lipinski definition) is 4. The molecule has 0 aliphatic carbocycles.